The third-order valence-corrected chi connectivity index (χ3v) is 4.39. The molecule has 0 spiro atoms. The van der Waals surface area contributed by atoms with Crippen molar-refractivity contribution in [3.05, 3.63) is 34.6 Å². The van der Waals surface area contributed by atoms with Gasteiger partial charge in [0.15, 0.2) is 0 Å². The lowest BCUT2D eigenvalue weighted by Gasteiger charge is -2.19. The van der Waals surface area contributed by atoms with E-state index in [2.05, 4.69) is 12.2 Å². The second-order valence-electron chi connectivity index (χ2n) is 5.74. The molecule has 1 aromatic carbocycles. The monoisotopic (exact) mass is 313 g/mol. The summed E-state index contributed by atoms with van der Waals surface area (Å²) in [5.41, 5.74) is 0.700. The van der Waals surface area contributed by atoms with E-state index in [9.17, 15) is 4.39 Å². The molecular weight excluding hydrogens is 289 g/mol. The van der Waals surface area contributed by atoms with Crippen LogP contribution < -0.4 is 5.32 Å². The molecule has 0 aliphatic carbocycles. The maximum absolute atomic E-state index is 14.0. The molecule has 0 radical (unpaired) electrons. The molecule has 1 aliphatic heterocycles. The van der Waals surface area contributed by atoms with Crippen LogP contribution in [0, 0.1) is 5.82 Å². The normalized spacial score (nSPS) is 19.9. The second kappa shape index (κ2) is 8.72. The maximum Gasteiger partial charge on any atom is 0.145 e. The van der Waals surface area contributed by atoms with Crippen molar-refractivity contribution in [2.75, 3.05) is 13.2 Å². The van der Waals surface area contributed by atoms with Gasteiger partial charge >= 0.3 is 0 Å². The van der Waals surface area contributed by atoms with Crippen LogP contribution in [0.15, 0.2) is 18.2 Å². The van der Waals surface area contributed by atoms with Gasteiger partial charge in [-0.3, -0.25) is 0 Å². The number of rotatable bonds is 8. The predicted molar refractivity (Wildman–Crippen MR) is 85.4 cm³/mol. The van der Waals surface area contributed by atoms with Crippen molar-refractivity contribution >= 4 is 11.6 Å². The van der Waals surface area contributed by atoms with Gasteiger partial charge in [-0.25, -0.2) is 4.39 Å². The van der Waals surface area contributed by atoms with E-state index < -0.39 is 0 Å². The van der Waals surface area contributed by atoms with Crippen molar-refractivity contribution < 1.29 is 9.13 Å². The number of likely N-dealkylation sites (N-methyl/N-ethyl adjacent to an activating group) is 1. The molecule has 0 bridgehead atoms. The van der Waals surface area contributed by atoms with E-state index in [1.807, 2.05) is 12.1 Å². The fourth-order valence-electron chi connectivity index (χ4n) is 3.00. The van der Waals surface area contributed by atoms with Crippen LogP contribution in [0.5, 0.6) is 0 Å². The molecule has 2 atom stereocenters. The lowest BCUT2D eigenvalue weighted by atomic mass is 9.99. The highest BCUT2D eigenvalue weighted by Gasteiger charge is 2.17. The largest absolute Gasteiger partial charge is 0.378 e. The third-order valence-electron chi connectivity index (χ3n) is 4.09. The molecule has 1 aromatic rings. The second-order valence-corrected chi connectivity index (χ2v) is 6.14. The molecule has 2 unspecified atom stereocenters. The van der Waals surface area contributed by atoms with Gasteiger partial charge in [-0.2, -0.15) is 0 Å². The van der Waals surface area contributed by atoms with E-state index in [1.165, 1.54) is 12.8 Å². The molecule has 21 heavy (non-hydrogen) atoms. The SMILES string of the molecule is CCNC(CCCC1CCCO1)Cc1cccc(Cl)c1F. The Balaban J connectivity index is 1.84. The summed E-state index contributed by atoms with van der Waals surface area (Å²) in [5.74, 6) is -0.277. The topological polar surface area (TPSA) is 21.3 Å². The van der Waals surface area contributed by atoms with E-state index in [0.717, 1.165) is 32.4 Å². The average Bonchev–Trinajstić information content (AvgIpc) is 2.97. The minimum atomic E-state index is -0.277. The fourth-order valence-corrected chi connectivity index (χ4v) is 3.19. The van der Waals surface area contributed by atoms with Crippen molar-refractivity contribution in [2.24, 2.45) is 0 Å². The standard InChI is InChI=1S/C17H25ClFNO/c1-2-20-14(7-4-8-15-9-5-11-21-15)12-13-6-3-10-16(18)17(13)19/h3,6,10,14-15,20H,2,4-5,7-9,11-12H2,1H3. The summed E-state index contributed by atoms with van der Waals surface area (Å²) in [5, 5.41) is 3.66. The van der Waals surface area contributed by atoms with Crippen molar-refractivity contribution in [1.29, 1.82) is 0 Å². The van der Waals surface area contributed by atoms with E-state index in [4.69, 9.17) is 16.3 Å². The lowest BCUT2D eigenvalue weighted by molar-refractivity contribution is 0.101. The summed E-state index contributed by atoms with van der Waals surface area (Å²) in [6.45, 7) is 3.89. The Kier molecular flexibility index (Phi) is 6.94. The number of ether oxygens (including phenoxy) is 1. The van der Waals surface area contributed by atoms with Crippen molar-refractivity contribution in [1.82, 2.24) is 5.32 Å². The molecule has 1 heterocycles. The van der Waals surface area contributed by atoms with Gasteiger partial charge in [0, 0.05) is 12.6 Å². The third kappa shape index (κ3) is 5.24. The number of halogens is 2. The van der Waals surface area contributed by atoms with Gasteiger partial charge < -0.3 is 10.1 Å². The molecule has 1 fully saturated rings. The van der Waals surface area contributed by atoms with Crippen LogP contribution in [0.3, 0.4) is 0 Å². The fraction of sp³-hybridized carbons (Fsp3) is 0.647. The minimum Gasteiger partial charge on any atom is -0.378 e. The number of hydrogen-bond donors (Lipinski definition) is 1. The lowest BCUT2D eigenvalue weighted by Crippen LogP contribution is -2.31. The highest BCUT2D eigenvalue weighted by Crippen LogP contribution is 2.22. The molecule has 0 saturated carbocycles. The molecule has 4 heteroatoms. The van der Waals surface area contributed by atoms with E-state index in [-0.39, 0.29) is 10.8 Å². The van der Waals surface area contributed by atoms with Crippen LogP contribution in [0.2, 0.25) is 5.02 Å². The van der Waals surface area contributed by atoms with Crippen molar-refractivity contribution in [3.8, 4) is 0 Å². The molecule has 2 rings (SSSR count). The molecule has 2 nitrogen and oxygen atoms in total. The van der Waals surface area contributed by atoms with Gasteiger partial charge in [-0.1, -0.05) is 30.7 Å². The van der Waals surface area contributed by atoms with Crippen molar-refractivity contribution in [2.45, 2.75) is 57.6 Å². The summed E-state index contributed by atoms with van der Waals surface area (Å²) in [6.07, 6.45) is 6.77. The summed E-state index contributed by atoms with van der Waals surface area (Å²) < 4.78 is 19.6. The smallest absolute Gasteiger partial charge is 0.145 e. The van der Waals surface area contributed by atoms with Crippen LogP contribution in [-0.4, -0.2) is 25.3 Å². The Bertz CT molecular complexity index is 435. The van der Waals surface area contributed by atoms with E-state index >= 15 is 0 Å². The van der Waals surface area contributed by atoms with Crippen molar-refractivity contribution in [3.63, 3.8) is 0 Å². The minimum absolute atomic E-state index is 0.210. The first-order valence-corrected chi connectivity index (χ1v) is 8.36. The van der Waals surface area contributed by atoms with Gasteiger partial charge in [0.25, 0.3) is 0 Å². The molecular formula is C17H25ClFNO. The Morgan fingerprint density at radius 2 is 2.33 bits per heavy atom. The van der Waals surface area contributed by atoms with Crippen LogP contribution >= 0.6 is 11.6 Å². The van der Waals surface area contributed by atoms with E-state index in [0.29, 0.717) is 24.1 Å². The number of hydrogen-bond acceptors (Lipinski definition) is 2. The Labute approximate surface area is 132 Å². The van der Waals surface area contributed by atoms with Gasteiger partial charge in [-0.05, 0) is 56.7 Å². The van der Waals surface area contributed by atoms with Crippen LogP contribution in [-0.2, 0) is 11.2 Å². The zero-order chi connectivity index (χ0) is 15.1. The Hall–Kier alpha value is -0.640. The first-order valence-electron chi connectivity index (χ1n) is 7.98. The van der Waals surface area contributed by atoms with Gasteiger partial charge in [-0.15, -0.1) is 0 Å². The van der Waals surface area contributed by atoms with E-state index in [1.54, 1.807) is 6.07 Å². The quantitative estimate of drug-likeness (QED) is 0.770. The molecule has 1 aliphatic rings. The predicted octanol–water partition coefficient (Wildman–Crippen LogP) is 4.35. The van der Waals surface area contributed by atoms with Gasteiger partial charge in [0.1, 0.15) is 5.82 Å². The Morgan fingerprint density at radius 3 is 3.05 bits per heavy atom. The van der Waals surface area contributed by atoms with Crippen LogP contribution in [0.1, 0.15) is 44.6 Å². The van der Waals surface area contributed by atoms with Gasteiger partial charge in [0.2, 0.25) is 0 Å². The first kappa shape index (κ1) is 16.7. The summed E-state index contributed by atoms with van der Waals surface area (Å²) in [4.78, 5) is 0. The maximum atomic E-state index is 14.0. The summed E-state index contributed by atoms with van der Waals surface area (Å²) in [6, 6.07) is 5.53. The highest BCUT2D eigenvalue weighted by molar-refractivity contribution is 6.30. The van der Waals surface area contributed by atoms with Gasteiger partial charge in [0.05, 0.1) is 11.1 Å². The molecule has 0 amide bonds. The zero-order valence-electron chi connectivity index (χ0n) is 12.7. The molecule has 118 valence electrons. The van der Waals surface area contributed by atoms with Crippen LogP contribution in [0.4, 0.5) is 4.39 Å². The zero-order valence-corrected chi connectivity index (χ0v) is 13.5. The molecule has 0 aromatic heterocycles. The van der Waals surface area contributed by atoms with Crippen LogP contribution in [0.25, 0.3) is 0 Å². The number of nitrogens with one attached hydrogen (secondary N) is 1. The summed E-state index contributed by atoms with van der Waals surface area (Å²) in [7, 11) is 0. The first-order chi connectivity index (χ1) is 10.2. The molecule has 1 N–H and O–H groups in total. The molecule has 1 saturated heterocycles. The average molecular weight is 314 g/mol. The number of benzene rings is 1. The highest BCUT2D eigenvalue weighted by atomic mass is 35.5. The summed E-state index contributed by atoms with van der Waals surface area (Å²) >= 11 is 5.85. The Morgan fingerprint density at radius 1 is 1.48 bits per heavy atom.